The number of aromatic nitrogens is 3. The molecule has 34 heavy (non-hydrogen) atoms. The summed E-state index contributed by atoms with van der Waals surface area (Å²) in [6.07, 6.45) is 4.85. The van der Waals surface area contributed by atoms with Crippen molar-refractivity contribution in [3.05, 3.63) is 87.7 Å². The minimum Gasteiger partial charge on any atom is -0.507 e. The number of hydrogen-bond donors (Lipinski definition) is 1. The molecule has 0 spiro atoms. The Hall–Kier alpha value is -4.60. The van der Waals surface area contributed by atoms with Crippen molar-refractivity contribution in [3.8, 4) is 17.0 Å². The van der Waals surface area contributed by atoms with Crippen LogP contribution in [0.1, 0.15) is 39.1 Å². The lowest BCUT2D eigenvalue weighted by Gasteiger charge is -2.15. The van der Waals surface area contributed by atoms with Crippen LogP contribution < -0.4 is 0 Å². The van der Waals surface area contributed by atoms with E-state index in [2.05, 4.69) is 10.1 Å². The van der Waals surface area contributed by atoms with Crippen molar-refractivity contribution in [2.24, 2.45) is 0 Å². The van der Waals surface area contributed by atoms with Crippen LogP contribution in [0.3, 0.4) is 0 Å². The van der Waals surface area contributed by atoms with E-state index in [1.54, 1.807) is 18.2 Å². The molecule has 4 aromatic rings. The van der Waals surface area contributed by atoms with Gasteiger partial charge in [-0.05, 0) is 31.0 Å². The molecule has 0 saturated carbocycles. The lowest BCUT2D eigenvalue weighted by molar-refractivity contribution is -0.384. The third kappa shape index (κ3) is 3.85. The predicted molar refractivity (Wildman–Crippen MR) is 122 cm³/mol. The molecule has 0 aliphatic carbocycles. The Labute approximate surface area is 193 Å². The smallest absolute Gasteiger partial charge is 0.270 e. The third-order valence-corrected chi connectivity index (χ3v) is 5.83. The van der Waals surface area contributed by atoms with E-state index >= 15 is 0 Å². The first kappa shape index (κ1) is 21.3. The number of nitro groups is 1. The van der Waals surface area contributed by atoms with Crippen molar-refractivity contribution < 1.29 is 19.6 Å². The van der Waals surface area contributed by atoms with E-state index in [4.69, 9.17) is 0 Å². The van der Waals surface area contributed by atoms with E-state index in [9.17, 15) is 24.8 Å². The molecule has 1 amide bonds. The molecule has 2 aromatic heterocycles. The van der Waals surface area contributed by atoms with Gasteiger partial charge in [-0.15, -0.1) is 0 Å². The number of phenolic OH excluding ortho intramolecular Hbond substituents is 1. The number of ketones is 1. The van der Waals surface area contributed by atoms with E-state index in [0.29, 0.717) is 16.9 Å². The average Bonchev–Trinajstić information content (AvgIpc) is 3.53. The van der Waals surface area contributed by atoms with Crippen molar-refractivity contribution in [1.82, 2.24) is 19.5 Å². The van der Waals surface area contributed by atoms with Gasteiger partial charge in [0.2, 0.25) is 0 Å². The normalized spacial score (nSPS) is 13.4. The van der Waals surface area contributed by atoms with E-state index < -0.39 is 10.7 Å². The summed E-state index contributed by atoms with van der Waals surface area (Å²) in [5.74, 6) is -0.953. The molecule has 170 valence electrons. The van der Waals surface area contributed by atoms with Crippen molar-refractivity contribution in [2.75, 3.05) is 13.1 Å². The van der Waals surface area contributed by atoms with E-state index in [-0.39, 0.29) is 28.5 Å². The number of non-ortho nitro benzene ring substituents is 1. The fraction of sp³-hybridized carbons (Fsp3) is 0.167. The fourth-order valence-electron chi connectivity index (χ4n) is 4.00. The molecule has 10 nitrogen and oxygen atoms in total. The van der Waals surface area contributed by atoms with Crippen LogP contribution >= 0.6 is 0 Å². The summed E-state index contributed by atoms with van der Waals surface area (Å²) in [5.41, 5.74) is 2.13. The van der Waals surface area contributed by atoms with Gasteiger partial charge in [0.25, 0.3) is 11.6 Å². The molecule has 10 heteroatoms. The Morgan fingerprint density at radius 2 is 1.74 bits per heavy atom. The topological polar surface area (TPSA) is 131 Å². The summed E-state index contributed by atoms with van der Waals surface area (Å²) in [6, 6.07) is 12.2. The first-order valence-electron chi connectivity index (χ1n) is 10.7. The van der Waals surface area contributed by atoms with Crippen LogP contribution in [0.5, 0.6) is 5.75 Å². The molecule has 1 N–H and O–H groups in total. The molecule has 1 fully saturated rings. The highest BCUT2D eigenvalue weighted by atomic mass is 16.6. The van der Waals surface area contributed by atoms with Crippen LogP contribution in [0.15, 0.2) is 60.9 Å². The maximum absolute atomic E-state index is 12.9. The number of amides is 1. The molecule has 1 aliphatic heterocycles. The second kappa shape index (κ2) is 8.39. The number of nitrogens with zero attached hydrogens (tertiary/aromatic N) is 5. The number of rotatable bonds is 5. The number of likely N-dealkylation sites (tertiary alicyclic amines) is 1. The molecule has 0 bridgehead atoms. The zero-order valence-electron chi connectivity index (χ0n) is 17.9. The van der Waals surface area contributed by atoms with E-state index in [1.165, 1.54) is 16.9 Å². The number of carbonyl (C=O) groups is 2. The zero-order chi connectivity index (χ0) is 23.8. The monoisotopic (exact) mass is 457 g/mol. The van der Waals surface area contributed by atoms with Crippen LogP contribution in [0.4, 0.5) is 5.69 Å². The number of fused-ring (bicyclic) bond motifs is 1. The van der Waals surface area contributed by atoms with Gasteiger partial charge in [0.15, 0.2) is 11.4 Å². The van der Waals surface area contributed by atoms with Gasteiger partial charge in [0.1, 0.15) is 5.75 Å². The molecule has 2 aromatic carbocycles. The van der Waals surface area contributed by atoms with Gasteiger partial charge in [0.05, 0.1) is 21.7 Å². The van der Waals surface area contributed by atoms with Crippen LogP contribution in [-0.2, 0) is 0 Å². The Kier molecular flexibility index (Phi) is 5.25. The summed E-state index contributed by atoms with van der Waals surface area (Å²) in [7, 11) is 0. The average molecular weight is 457 g/mol. The summed E-state index contributed by atoms with van der Waals surface area (Å²) in [6.45, 7) is 1.57. The minimum absolute atomic E-state index is 0.0215. The van der Waals surface area contributed by atoms with Crippen molar-refractivity contribution >= 4 is 23.0 Å². The van der Waals surface area contributed by atoms with Gasteiger partial charge < -0.3 is 10.0 Å². The molecule has 0 atom stereocenters. The van der Waals surface area contributed by atoms with E-state index in [1.807, 2.05) is 17.0 Å². The summed E-state index contributed by atoms with van der Waals surface area (Å²) < 4.78 is 1.43. The fourth-order valence-corrected chi connectivity index (χ4v) is 4.00. The van der Waals surface area contributed by atoms with Crippen LogP contribution in [0.25, 0.3) is 16.9 Å². The van der Waals surface area contributed by atoms with Crippen LogP contribution in [0, 0.1) is 10.1 Å². The lowest BCUT2D eigenvalue weighted by atomic mass is 10.0. The molecule has 1 saturated heterocycles. The standard InChI is InChI=1S/C24H19N5O5/c30-21-8-7-18(29(33)34)11-19(21)23(31)17-13-25-22-12-20(26-28(22)14-17)15-3-5-16(6-4-15)24(32)27-9-1-2-10-27/h3-8,11-14,30H,1-2,9-10H2. The van der Waals surface area contributed by atoms with E-state index in [0.717, 1.165) is 49.7 Å². The zero-order valence-corrected chi connectivity index (χ0v) is 17.9. The van der Waals surface area contributed by atoms with Crippen molar-refractivity contribution in [1.29, 1.82) is 0 Å². The predicted octanol–water partition coefficient (Wildman–Crippen LogP) is 3.48. The highest BCUT2D eigenvalue weighted by Gasteiger charge is 2.21. The molecule has 1 aliphatic rings. The molecule has 0 radical (unpaired) electrons. The van der Waals surface area contributed by atoms with Crippen molar-refractivity contribution in [2.45, 2.75) is 12.8 Å². The van der Waals surface area contributed by atoms with Gasteiger partial charge in [-0.25, -0.2) is 9.50 Å². The maximum Gasteiger partial charge on any atom is 0.270 e. The Balaban J connectivity index is 1.42. The maximum atomic E-state index is 12.9. The number of nitro benzene ring substituents is 1. The minimum atomic E-state index is -0.637. The summed E-state index contributed by atoms with van der Waals surface area (Å²) >= 11 is 0. The number of aromatic hydroxyl groups is 1. The Morgan fingerprint density at radius 3 is 2.44 bits per heavy atom. The first-order valence-corrected chi connectivity index (χ1v) is 10.7. The number of carbonyl (C=O) groups excluding carboxylic acids is 2. The van der Waals surface area contributed by atoms with Gasteiger partial charge >= 0.3 is 0 Å². The molecular formula is C24H19N5O5. The van der Waals surface area contributed by atoms with Gasteiger partial charge in [-0.1, -0.05) is 12.1 Å². The van der Waals surface area contributed by atoms with Crippen molar-refractivity contribution in [3.63, 3.8) is 0 Å². The van der Waals surface area contributed by atoms with Gasteiger partial charge in [0, 0.05) is 54.8 Å². The van der Waals surface area contributed by atoms with Crippen LogP contribution in [-0.4, -0.2) is 54.3 Å². The summed E-state index contributed by atoms with van der Waals surface area (Å²) in [4.78, 5) is 41.9. The highest BCUT2D eigenvalue weighted by molar-refractivity contribution is 6.10. The second-order valence-electron chi connectivity index (χ2n) is 8.04. The Bertz CT molecular complexity index is 1440. The SMILES string of the molecule is O=C(c1cnc2cc(-c3ccc(C(=O)N4CCCC4)cc3)nn2c1)c1cc([N+](=O)[O-])ccc1O. The molecule has 3 heterocycles. The van der Waals surface area contributed by atoms with Gasteiger partial charge in [-0.2, -0.15) is 5.10 Å². The quantitative estimate of drug-likeness (QED) is 0.276. The third-order valence-electron chi connectivity index (χ3n) is 5.83. The molecule has 5 rings (SSSR count). The lowest BCUT2D eigenvalue weighted by Crippen LogP contribution is -2.27. The van der Waals surface area contributed by atoms with Gasteiger partial charge in [-0.3, -0.25) is 19.7 Å². The molecule has 0 unspecified atom stereocenters. The first-order chi connectivity index (χ1) is 16.4. The number of benzene rings is 2. The number of hydrogen-bond acceptors (Lipinski definition) is 7. The largest absolute Gasteiger partial charge is 0.507 e. The second-order valence-corrected chi connectivity index (χ2v) is 8.04. The Morgan fingerprint density at radius 1 is 1.00 bits per heavy atom. The summed E-state index contributed by atoms with van der Waals surface area (Å²) in [5, 5.41) is 25.5. The highest BCUT2D eigenvalue weighted by Crippen LogP contribution is 2.26. The number of phenols is 1. The molecular weight excluding hydrogens is 438 g/mol. The van der Waals surface area contributed by atoms with Crippen LogP contribution in [0.2, 0.25) is 0 Å².